The average Bonchev–Trinajstić information content (AvgIpc) is 2.47. The summed E-state index contributed by atoms with van der Waals surface area (Å²) >= 11 is 5.89. The Morgan fingerprint density at radius 2 is 1.70 bits per heavy atom. The minimum Gasteiger partial charge on any atom is -0.385 e. The van der Waals surface area contributed by atoms with E-state index in [0.717, 1.165) is 31.1 Å². The second kappa shape index (κ2) is 7.93. The molecule has 0 aliphatic heterocycles. The number of para-hydroxylation sites is 1. The molecule has 2 aromatic rings. The van der Waals surface area contributed by atoms with Crippen LogP contribution in [0.4, 0.5) is 5.69 Å². The molecule has 0 saturated heterocycles. The van der Waals surface area contributed by atoms with Crippen molar-refractivity contribution < 1.29 is 0 Å². The SMILES string of the molecule is CN(CCCNc1ccccc1)Cc1ccc(Cl)cc1. The Hall–Kier alpha value is -1.51. The van der Waals surface area contributed by atoms with Gasteiger partial charge in [-0.2, -0.15) is 0 Å². The highest BCUT2D eigenvalue weighted by Crippen LogP contribution is 2.11. The first-order valence-electron chi connectivity index (χ1n) is 6.96. The predicted molar refractivity (Wildman–Crippen MR) is 87.3 cm³/mol. The van der Waals surface area contributed by atoms with Crippen LogP contribution in [0.3, 0.4) is 0 Å². The van der Waals surface area contributed by atoms with E-state index in [9.17, 15) is 0 Å². The Labute approximate surface area is 126 Å². The van der Waals surface area contributed by atoms with Crippen molar-refractivity contribution in [2.24, 2.45) is 0 Å². The average molecular weight is 289 g/mol. The van der Waals surface area contributed by atoms with Crippen molar-refractivity contribution in [2.75, 3.05) is 25.5 Å². The summed E-state index contributed by atoms with van der Waals surface area (Å²) in [5.74, 6) is 0. The number of nitrogens with one attached hydrogen (secondary N) is 1. The first kappa shape index (κ1) is 14.9. The van der Waals surface area contributed by atoms with Crippen LogP contribution in [0, 0.1) is 0 Å². The van der Waals surface area contributed by atoms with E-state index in [2.05, 4.69) is 53.7 Å². The zero-order valence-electron chi connectivity index (χ0n) is 11.8. The Kier molecular flexibility index (Phi) is 5.90. The molecule has 20 heavy (non-hydrogen) atoms. The normalized spacial score (nSPS) is 10.8. The molecular weight excluding hydrogens is 268 g/mol. The van der Waals surface area contributed by atoms with E-state index >= 15 is 0 Å². The van der Waals surface area contributed by atoms with E-state index in [1.54, 1.807) is 0 Å². The fraction of sp³-hybridized carbons (Fsp3) is 0.294. The van der Waals surface area contributed by atoms with Gasteiger partial charge in [0.15, 0.2) is 0 Å². The van der Waals surface area contributed by atoms with Crippen molar-refractivity contribution in [3.05, 3.63) is 65.2 Å². The monoisotopic (exact) mass is 288 g/mol. The second-order valence-corrected chi connectivity index (χ2v) is 5.45. The van der Waals surface area contributed by atoms with Gasteiger partial charge in [0, 0.05) is 23.8 Å². The first-order valence-corrected chi connectivity index (χ1v) is 7.34. The van der Waals surface area contributed by atoms with Gasteiger partial charge >= 0.3 is 0 Å². The smallest absolute Gasteiger partial charge is 0.0406 e. The molecule has 1 N–H and O–H groups in total. The minimum atomic E-state index is 0.795. The number of halogens is 1. The van der Waals surface area contributed by atoms with Crippen LogP contribution in [0.5, 0.6) is 0 Å². The maximum absolute atomic E-state index is 5.89. The van der Waals surface area contributed by atoms with Crippen LogP contribution in [-0.4, -0.2) is 25.0 Å². The summed E-state index contributed by atoms with van der Waals surface area (Å²) in [6, 6.07) is 18.4. The molecule has 0 unspecified atom stereocenters. The third kappa shape index (κ3) is 5.24. The Balaban J connectivity index is 1.65. The van der Waals surface area contributed by atoms with E-state index in [1.165, 1.54) is 11.3 Å². The van der Waals surface area contributed by atoms with Gasteiger partial charge in [-0.15, -0.1) is 0 Å². The molecule has 2 aromatic carbocycles. The molecule has 0 heterocycles. The van der Waals surface area contributed by atoms with Gasteiger partial charge in [-0.05, 0) is 49.8 Å². The molecule has 0 fully saturated rings. The Bertz CT molecular complexity index is 496. The molecule has 0 amide bonds. The van der Waals surface area contributed by atoms with E-state index < -0.39 is 0 Å². The number of benzene rings is 2. The standard InChI is InChI=1S/C17H21ClN2/c1-20(14-15-8-10-16(18)11-9-15)13-5-12-19-17-6-3-2-4-7-17/h2-4,6-11,19H,5,12-14H2,1H3. The topological polar surface area (TPSA) is 15.3 Å². The van der Waals surface area contributed by atoms with Crippen molar-refractivity contribution in [3.63, 3.8) is 0 Å². The molecule has 0 aliphatic carbocycles. The van der Waals surface area contributed by atoms with Gasteiger partial charge in [-0.25, -0.2) is 0 Å². The molecule has 0 radical (unpaired) electrons. The summed E-state index contributed by atoms with van der Waals surface area (Å²) in [5, 5.41) is 4.22. The quantitative estimate of drug-likeness (QED) is 0.765. The maximum Gasteiger partial charge on any atom is 0.0406 e. The van der Waals surface area contributed by atoms with Gasteiger partial charge in [0.1, 0.15) is 0 Å². The molecule has 3 heteroatoms. The maximum atomic E-state index is 5.89. The van der Waals surface area contributed by atoms with Gasteiger partial charge in [0.2, 0.25) is 0 Å². The Morgan fingerprint density at radius 1 is 1.00 bits per heavy atom. The first-order chi connectivity index (χ1) is 9.74. The van der Waals surface area contributed by atoms with Crippen molar-refractivity contribution >= 4 is 17.3 Å². The van der Waals surface area contributed by atoms with E-state index in [-0.39, 0.29) is 0 Å². The molecule has 0 bridgehead atoms. The van der Waals surface area contributed by atoms with Crippen LogP contribution in [-0.2, 0) is 6.54 Å². The molecule has 2 rings (SSSR count). The van der Waals surface area contributed by atoms with E-state index in [4.69, 9.17) is 11.6 Å². The summed E-state index contributed by atoms with van der Waals surface area (Å²) in [7, 11) is 2.15. The van der Waals surface area contributed by atoms with Gasteiger partial charge in [0.05, 0.1) is 0 Å². The predicted octanol–water partition coefficient (Wildman–Crippen LogP) is 4.27. The minimum absolute atomic E-state index is 0.795. The molecule has 106 valence electrons. The lowest BCUT2D eigenvalue weighted by Crippen LogP contribution is -2.21. The van der Waals surface area contributed by atoms with Gasteiger partial charge in [-0.3, -0.25) is 0 Å². The molecule has 0 atom stereocenters. The number of hydrogen-bond donors (Lipinski definition) is 1. The zero-order chi connectivity index (χ0) is 14.2. The fourth-order valence-electron chi connectivity index (χ4n) is 2.12. The van der Waals surface area contributed by atoms with Crippen molar-refractivity contribution in [1.29, 1.82) is 0 Å². The van der Waals surface area contributed by atoms with Crippen molar-refractivity contribution in [3.8, 4) is 0 Å². The highest BCUT2D eigenvalue weighted by atomic mass is 35.5. The van der Waals surface area contributed by atoms with Crippen LogP contribution < -0.4 is 5.32 Å². The molecular formula is C17H21ClN2. The number of nitrogens with zero attached hydrogens (tertiary/aromatic N) is 1. The zero-order valence-corrected chi connectivity index (χ0v) is 12.6. The lowest BCUT2D eigenvalue weighted by molar-refractivity contribution is 0.325. The molecule has 2 nitrogen and oxygen atoms in total. The van der Waals surface area contributed by atoms with Crippen molar-refractivity contribution in [2.45, 2.75) is 13.0 Å². The second-order valence-electron chi connectivity index (χ2n) is 5.01. The highest BCUT2D eigenvalue weighted by molar-refractivity contribution is 6.30. The molecule has 0 aromatic heterocycles. The molecule has 0 aliphatic rings. The van der Waals surface area contributed by atoms with E-state index in [1.807, 2.05) is 18.2 Å². The highest BCUT2D eigenvalue weighted by Gasteiger charge is 2.00. The van der Waals surface area contributed by atoms with Crippen LogP contribution >= 0.6 is 11.6 Å². The summed E-state index contributed by atoms with van der Waals surface area (Å²) in [6.45, 7) is 3.03. The fourth-order valence-corrected chi connectivity index (χ4v) is 2.24. The van der Waals surface area contributed by atoms with Gasteiger partial charge < -0.3 is 10.2 Å². The van der Waals surface area contributed by atoms with Gasteiger partial charge in [0.25, 0.3) is 0 Å². The third-order valence-corrected chi connectivity index (χ3v) is 3.44. The Morgan fingerprint density at radius 3 is 2.40 bits per heavy atom. The summed E-state index contributed by atoms with van der Waals surface area (Å²) in [5.41, 5.74) is 2.49. The van der Waals surface area contributed by atoms with Gasteiger partial charge in [-0.1, -0.05) is 41.9 Å². The third-order valence-electron chi connectivity index (χ3n) is 3.19. The van der Waals surface area contributed by atoms with Crippen molar-refractivity contribution in [1.82, 2.24) is 4.90 Å². The van der Waals surface area contributed by atoms with Crippen LogP contribution in [0.25, 0.3) is 0 Å². The lowest BCUT2D eigenvalue weighted by atomic mass is 10.2. The largest absolute Gasteiger partial charge is 0.385 e. The summed E-state index contributed by atoms with van der Waals surface area (Å²) in [6.07, 6.45) is 1.12. The van der Waals surface area contributed by atoms with Crippen LogP contribution in [0.2, 0.25) is 5.02 Å². The molecule has 0 saturated carbocycles. The lowest BCUT2D eigenvalue weighted by Gasteiger charge is -2.17. The molecule has 0 spiro atoms. The number of anilines is 1. The van der Waals surface area contributed by atoms with Crippen LogP contribution in [0.15, 0.2) is 54.6 Å². The summed E-state index contributed by atoms with van der Waals surface area (Å²) in [4.78, 5) is 2.33. The van der Waals surface area contributed by atoms with Crippen LogP contribution in [0.1, 0.15) is 12.0 Å². The number of hydrogen-bond acceptors (Lipinski definition) is 2. The summed E-state index contributed by atoms with van der Waals surface area (Å²) < 4.78 is 0. The van der Waals surface area contributed by atoms with E-state index in [0.29, 0.717) is 0 Å². The number of rotatable bonds is 7.